The van der Waals surface area contributed by atoms with Crippen molar-refractivity contribution in [3.8, 4) is 0 Å². The molecule has 0 spiro atoms. The third-order valence-electron chi connectivity index (χ3n) is 4.75. The summed E-state index contributed by atoms with van der Waals surface area (Å²) in [6.07, 6.45) is 4.58. The molecule has 0 radical (unpaired) electrons. The van der Waals surface area contributed by atoms with Crippen molar-refractivity contribution in [1.82, 2.24) is 14.5 Å². The maximum Gasteiger partial charge on any atom is 0.337 e. The first kappa shape index (κ1) is 19.1. The van der Waals surface area contributed by atoms with Gasteiger partial charge in [-0.25, -0.2) is 14.8 Å². The fourth-order valence-corrected chi connectivity index (χ4v) is 3.35. The summed E-state index contributed by atoms with van der Waals surface area (Å²) in [4.78, 5) is 21.1. The molecule has 7 nitrogen and oxygen atoms in total. The molecule has 0 aliphatic rings. The highest BCUT2D eigenvalue weighted by Crippen LogP contribution is 2.30. The van der Waals surface area contributed by atoms with E-state index in [2.05, 4.69) is 16.5 Å². The van der Waals surface area contributed by atoms with Crippen LogP contribution < -0.4 is 5.73 Å². The number of hydrogen-bond acceptors (Lipinski definition) is 6. The van der Waals surface area contributed by atoms with E-state index in [-0.39, 0.29) is 6.61 Å². The molecule has 0 saturated carbocycles. The number of pyridine rings is 1. The number of anilines is 1. The summed E-state index contributed by atoms with van der Waals surface area (Å²) >= 11 is 0. The number of aliphatic hydroxyl groups excluding tert-OH is 1. The van der Waals surface area contributed by atoms with Crippen molar-refractivity contribution in [3.63, 3.8) is 0 Å². The minimum atomic E-state index is -0.405. The number of hydrogen-bond donors (Lipinski definition) is 2. The summed E-state index contributed by atoms with van der Waals surface area (Å²) in [5.74, 6) is 0.943. The first-order chi connectivity index (χ1) is 13.1. The van der Waals surface area contributed by atoms with Crippen LogP contribution in [0.1, 0.15) is 48.8 Å². The van der Waals surface area contributed by atoms with E-state index < -0.39 is 5.97 Å². The van der Waals surface area contributed by atoms with Crippen molar-refractivity contribution in [1.29, 1.82) is 0 Å². The Morgan fingerprint density at radius 3 is 2.78 bits per heavy atom. The number of carbonyl (C=O) groups excluding carboxylic acids is 1. The Bertz CT molecular complexity index is 965. The van der Waals surface area contributed by atoms with Gasteiger partial charge in [0.05, 0.1) is 23.7 Å². The van der Waals surface area contributed by atoms with Crippen molar-refractivity contribution in [3.05, 3.63) is 29.6 Å². The van der Waals surface area contributed by atoms with Crippen LogP contribution in [0.4, 0.5) is 5.82 Å². The number of aromatic nitrogens is 3. The van der Waals surface area contributed by atoms with Gasteiger partial charge in [-0.15, -0.1) is 0 Å². The molecule has 1 aromatic carbocycles. The number of fused-ring (bicyclic) bond motifs is 3. The SMILES string of the molecule is CCCCc1nc2c(N)nc3cc(C(=O)OC)ccc3c2n1CCCCO. The zero-order chi connectivity index (χ0) is 19.4. The van der Waals surface area contributed by atoms with Crippen LogP contribution in [0.15, 0.2) is 18.2 Å². The first-order valence-electron chi connectivity index (χ1n) is 9.38. The van der Waals surface area contributed by atoms with Crippen LogP contribution in [0.5, 0.6) is 0 Å². The van der Waals surface area contributed by atoms with Crippen LogP contribution in [0.3, 0.4) is 0 Å². The highest BCUT2D eigenvalue weighted by molar-refractivity contribution is 6.08. The van der Waals surface area contributed by atoms with Gasteiger partial charge >= 0.3 is 5.97 Å². The first-order valence-corrected chi connectivity index (χ1v) is 9.38. The Morgan fingerprint density at radius 1 is 1.26 bits per heavy atom. The standard InChI is InChI=1S/C20H26N4O3/c1-3-4-7-16-23-17-18(24(16)10-5-6-11-25)14-9-8-13(20(26)27-2)12-15(14)22-19(17)21/h8-9,12,25H,3-7,10-11H2,1-2H3,(H2,21,22). The fourth-order valence-electron chi connectivity index (χ4n) is 3.35. The summed E-state index contributed by atoms with van der Waals surface area (Å²) in [5, 5.41) is 10.1. The van der Waals surface area contributed by atoms with Crippen LogP contribution in [0, 0.1) is 0 Å². The molecule has 3 N–H and O–H groups in total. The lowest BCUT2D eigenvalue weighted by Crippen LogP contribution is -2.06. The lowest BCUT2D eigenvalue weighted by atomic mass is 10.1. The van der Waals surface area contributed by atoms with E-state index in [1.165, 1.54) is 7.11 Å². The van der Waals surface area contributed by atoms with Gasteiger partial charge in [0.2, 0.25) is 0 Å². The molecule has 144 valence electrons. The van der Waals surface area contributed by atoms with Gasteiger partial charge in [0.1, 0.15) is 11.3 Å². The Labute approximate surface area is 158 Å². The monoisotopic (exact) mass is 370 g/mol. The van der Waals surface area contributed by atoms with Crippen LogP contribution in [0.25, 0.3) is 21.9 Å². The van der Waals surface area contributed by atoms with Gasteiger partial charge in [-0.2, -0.15) is 0 Å². The number of benzene rings is 1. The predicted molar refractivity (Wildman–Crippen MR) is 106 cm³/mol. The van der Waals surface area contributed by atoms with E-state index in [1.807, 2.05) is 6.07 Å². The molecule has 0 atom stereocenters. The Morgan fingerprint density at radius 2 is 2.07 bits per heavy atom. The van der Waals surface area contributed by atoms with Gasteiger partial charge in [-0.05, 0) is 37.5 Å². The summed E-state index contributed by atoms with van der Waals surface area (Å²) in [6, 6.07) is 5.32. The molecule has 2 aromatic heterocycles. The Kier molecular flexibility index (Phi) is 5.91. The molecular formula is C20H26N4O3. The summed E-state index contributed by atoms with van der Waals surface area (Å²) < 4.78 is 6.99. The van der Waals surface area contributed by atoms with E-state index in [0.717, 1.165) is 55.4 Å². The van der Waals surface area contributed by atoms with Crippen molar-refractivity contribution < 1.29 is 14.6 Å². The molecule has 2 heterocycles. The number of ether oxygens (including phenoxy) is 1. The number of aryl methyl sites for hydroxylation is 2. The zero-order valence-corrected chi connectivity index (χ0v) is 15.9. The molecule has 0 fully saturated rings. The molecule has 0 bridgehead atoms. The van der Waals surface area contributed by atoms with E-state index in [4.69, 9.17) is 20.6 Å². The van der Waals surface area contributed by atoms with E-state index in [0.29, 0.717) is 22.4 Å². The molecule has 0 amide bonds. The Balaban J connectivity index is 2.20. The van der Waals surface area contributed by atoms with Gasteiger partial charge < -0.3 is 20.1 Å². The van der Waals surface area contributed by atoms with Crippen LogP contribution in [0.2, 0.25) is 0 Å². The molecule has 0 unspecified atom stereocenters. The highest BCUT2D eigenvalue weighted by Gasteiger charge is 2.18. The normalized spacial score (nSPS) is 11.4. The topological polar surface area (TPSA) is 103 Å². The molecule has 3 rings (SSSR count). The number of methoxy groups -OCH3 is 1. The third-order valence-corrected chi connectivity index (χ3v) is 4.75. The van der Waals surface area contributed by atoms with Gasteiger partial charge in [0.25, 0.3) is 0 Å². The molecule has 7 heteroatoms. The summed E-state index contributed by atoms with van der Waals surface area (Å²) in [6.45, 7) is 3.08. The lowest BCUT2D eigenvalue weighted by molar-refractivity contribution is 0.0601. The maximum atomic E-state index is 11.8. The van der Waals surface area contributed by atoms with E-state index in [1.54, 1.807) is 12.1 Å². The smallest absolute Gasteiger partial charge is 0.337 e. The number of aliphatic hydroxyl groups is 1. The minimum absolute atomic E-state index is 0.170. The van der Waals surface area contributed by atoms with Crippen LogP contribution >= 0.6 is 0 Å². The van der Waals surface area contributed by atoms with Gasteiger partial charge in [-0.3, -0.25) is 0 Å². The number of rotatable bonds is 8. The van der Waals surface area contributed by atoms with E-state index in [9.17, 15) is 4.79 Å². The predicted octanol–water partition coefficient (Wildman–Crippen LogP) is 3.07. The number of esters is 1. The largest absolute Gasteiger partial charge is 0.465 e. The lowest BCUT2D eigenvalue weighted by Gasteiger charge is -2.11. The zero-order valence-electron chi connectivity index (χ0n) is 15.9. The van der Waals surface area contributed by atoms with Crippen LogP contribution in [-0.4, -0.2) is 39.3 Å². The average molecular weight is 370 g/mol. The quantitative estimate of drug-likeness (QED) is 0.466. The second kappa shape index (κ2) is 8.35. The number of nitrogens with two attached hydrogens (primary N) is 1. The molecule has 0 aliphatic heterocycles. The fraction of sp³-hybridized carbons (Fsp3) is 0.450. The van der Waals surface area contributed by atoms with Crippen molar-refractivity contribution in [2.75, 3.05) is 19.5 Å². The van der Waals surface area contributed by atoms with Crippen molar-refractivity contribution in [2.24, 2.45) is 0 Å². The number of nitrogen functional groups attached to an aromatic ring is 1. The number of nitrogens with zero attached hydrogens (tertiary/aromatic N) is 3. The molecule has 0 aliphatic carbocycles. The molecular weight excluding hydrogens is 344 g/mol. The molecule has 3 aromatic rings. The number of carbonyl (C=O) groups is 1. The van der Waals surface area contributed by atoms with Gasteiger partial charge in [0, 0.05) is 25.0 Å². The maximum absolute atomic E-state index is 11.8. The molecule has 0 saturated heterocycles. The van der Waals surface area contributed by atoms with Crippen molar-refractivity contribution in [2.45, 2.75) is 45.6 Å². The van der Waals surface area contributed by atoms with Gasteiger partial charge in [0.15, 0.2) is 5.82 Å². The highest BCUT2D eigenvalue weighted by atomic mass is 16.5. The average Bonchev–Trinajstić information content (AvgIpc) is 3.05. The number of imidazole rings is 1. The van der Waals surface area contributed by atoms with Crippen molar-refractivity contribution >= 4 is 33.7 Å². The second-order valence-electron chi connectivity index (χ2n) is 6.63. The summed E-state index contributed by atoms with van der Waals surface area (Å²) in [5.41, 5.74) is 8.93. The Hall–Kier alpha value is -2.67. The second-order valence-corrected chi connectivity index (χ2v) is 6.63. The van der Waals surface area contributed by atoms with E-state index >= 15 is 0 Å². The molecule has 27 heavy (non-hydrogen) atoms. The number of unbranched alkanes of at least 4 members (excludes halogenated alkanes) is 2. The minimum Gasteiger partial charge on any atom is -0.465 e. The van der Waals surface area contributed by atoms with Crippen LogP contribution in [-0.2, 0) is 17.7 Å². The van der Waals surface area contributed by atoms with Gasteiger partial charge in [-0.1, -0.05) is 13.3 Å². The third kappa shape index (κ3) is 3.73. The summed E-state index contributed by atoms with van der Waals surface area (Å²) in [7, 11) is 1.35.